The zero-order chi connectivity index (χ0) is 15.6. The van der Waals surface area contributed by atoms with Crippen molar-refractivity contribution in [3.8, 4) is 0 Å². The first-order valence-electron chi connectivity index (χ1n) is 6.25. The van der Waals surface area contributed by atoms with Crippen molar-refractivity contribution in [3.05, 3.63) is 51.9 Å². The van der Waals surface area contributed by atoms with Gasteiger partial charge in [0, 0.05) is 10.4 Å². The summed E-state index contributed by atoms with van der Waals surface area (Å²) in [5.41, 5.74) is 2.47. The lowest BCUT2D eigenvalue weighted by Gasteiger charge is -2.09. The molecule has 2 rings (SSSR count). The Morgan fingerprint density at radius 2 is 1.81 bits per heavy atom. The summed E-state index contributed by atoms with van der Waals surface area (Å²) in [4.78, 5) is 12.9. The van der Waals surface area contributed by atoms with Crippen molar-refractivity contribution in [2.45, 2.75) is 24.6 Å². The fourth-order valence-corrected chi connectivity index (χ4v) is 3.75. The number of sulfonamides is 1. The summed E-state index contributed by atoms with van der Waals surface area (Å²) in [6.07, 6.45) is 0. The Balaban J connectivity index is 2.10. The third-order valence-electron chi connectivity index (χ3n) is 3.05. The number of nitrogens with two attached hydrogens (primary N) is 1. The smallest absolute Gasteiger partial charge is 0.252 e. The molecule has 1 amide bonds. The predicted octanol–water partition coefficient (Wildman–Crippen LogP) is 1.94. The van der Waals surface area contributed by atoms with Gasteiger partial charge in [-0.05, 0) is 37.1 Å². The molecule has 0 aliphatic heterocycles. The molecule has 2 aromatic rings. The van der Waals surface area contributed by atoms with Gasteiger partial charge in [-0.15, -0.1) is 11.3 Å². The molecule has 0 spiro atoms. The number of primary sulfonamides is 1. The quantitative estimate of drug-likeness (QED) is 0.900. The second-order valence-corrected chi connectivity index (χ2v) is 7.67. The minimum atomic E-state index is -3.68. The molecule has 21 heavy (non-hydrogen) atoms. The number of rotatable bonds is 4. The van der Waals surface area contributed by atoms with Crippen LogP contribution in [0, 0.1) is 13.8 Å². The molecule has 1 aromatic heterocycles. The lowest BCUT2D eigenvalue weighted by atomic mass is 10.0. The van der Waals surface area contributed by atoms with Crippen LogP contribution in [-0.4, -0.2) is 14.3 Å². The maximum absolute atomic E-state index is 12.2. The zero-order valence-corrected chi connectivity index (χ0v) is 13.3. The van der Waals surface area contributed by atoms with Gasteiger partial charge in [0.1, 0.15) is 4.21 Å². The molecule has 7 heteroatoms. The van der Waals surface area contributed by atoms with Crippen LogP contribution in [0.15, 0.2) is 34.5 Å². The van der Waals surface area contributed by atoms with Crippen LogP contribution in [0.1, 0.15) is 26.4 Å². The van der Waals surface area contributed by atoms with Crippen molar-refractivity contribution >= 4 is 27.3 Å². The molecule has 1 aromatic carbocycles. The maximum atomic E-state index is 12.2. The van der Waals surface area contributed by atoms with Crippen LogP contribution < -0.4 is 10.5 Å². The van der Waals surface area contributed by atoms with E-state index in [1.54, 1.807) is 6.07 Å². The van der Waals surface area contributed by atoms with E-state index in [1.165, 1.54) is 6.07 Å². The topological polar surface area (TPSA) is 89.3 Å². The first-order chi connectivity index (χ1) is 9.79. The monoisotopic (exact) mass is 324 g/mol. The van der Waals surface area contributed by atoms with E-state index >= 15 is 0 Å². The Morgan fingerprint density at radius 3 is 2.33 bits per heavy atom. The average molecular weight is 324 g/mol. The maximum Gasteiger partial charge on any atom is 0.252 e. The Kier molecular flexibility index (Phi) is 4.46. The van der Waals surface area contributed by atoms with Crippen LogP contribution in [0.5, 0.6) is 0 Å². The lowest BCUT2D eigenvalue weighted by Crippen LogP contribution is -2.24. The molecule has 5 nitrogen and oxygen atoms in total. The molecule has 0 bridgehead atoms. The summed E-state index contributed by atoms with van der Waals surface area (Å²) in [5.74, 6) is -0.170. The van der Waals surface area contributed by atoms with E-state index in [1.807, 2.05) is 32.0 Å². The first kappa shape index (κ1) is 15.7. The highest BCUT2D eigenvalue weighted by atomic mass is 32.2. The molecule has 0 saturated carbocycles. The van der Waals surface area contributed by atoms with Gasteiger partial charge in [0.2, 0.25) is 10.0 Å². The third-order valence-corrected chi connectivity index (χ3v) is 5.57. The SMILES string of the molecule is Cc1cccc(C)c1C(=O)NCc1ccc(S(N)(=O)=O)s1. The van der Waals surface area contributed by atoms with Gasteiger partial charge in [0.15, 0.2) is 0 Å². The summed E-state index contributed by atoms with van der Waals surface area (Å²) in [6, 6.07) is 8.76. The van der Waals surface area contributed by atoms with Gasteiger partial charge in [-0.2, -0.15) is 0 Å². The Labute approximate surface area is 127 Å². The number of hydrogen-bond acceptors (Lipinski definition) is 4. The van der Waals surface area contributed by atoms with Gasteiger partial charge in [-0.3, -0.25) is 4.79 Å². The minimum Gasteiger partial charge on any atom is -0.347 e. The van der Waals surface area contributed by atoms with E-state index in [-0.39, 0.29) is 16.7 Å². The molecule has 0 radical (unpaired) electrons. The van der Waals surface area contributed by atoms with Crippen LogP contribution >= 0.6 is 11.3 Å². The van der Waals surface area contributed by atoms with E-state index in [4.69, 9.17) is 5.14 Å². The molecule has 0 aliphatic rings. The van der Waals surface area contributed by atoms with Crippen molar-refractivity contribution in [1.82, 2.24) is 5.32 Å². The van der Waals surface area contributed by atoms with Crippen molar-refractivity contribution in [2.75, 3.05) is 0 Å². The highest BCUT2D eigenvalue weighted by molar-refractivity contribution is 7.91. The van der Waals surface area contributed by atoms with Crippen LogP contribution in [0.3, 0.4) is 0 Å². The highest BCUT2D eigenvalue weighted by Gasteiger charge is 2.14. The Morgan fingerprint density at radius 1 is 1.19 bits per heavy atom. The summed E-state index contributed by atoms with van der Waals surface area (Å²) in [5, 5.41) is 7.85. The molecule has 0 atom stereocenters. The lowest BCUT2D eigenvalue weighted by molar-refractivity contribution is 0.0950. The zero-order valence-electron chi connectivity index (χ0n) is 11.7. The van der Waals surface area contributed by atoms with Crippen molar-refractivity contribution < 1.29 is 13.2 Å². The van der Waals surface area contributed by atoms with Crippen LogP contribution in [-0.2, 0) is 16.6 Å². The van der Waals surface area contributed by atoms with Gasteiger partial charge >= 0.3 is 0 Å². The van der Waals surface area contributed by atoms with Crippen molar-refractivity contribution in [2.24, 2.45) is 5.14 Å². The summed E-state index contributed by atoms with van der Waals surface area (Å²) in [6.45, 7) is 4.03. The van der Waals surface area contributed by atoms with E-state index in [0.29, 0.717) is 5.56 Å². The van der Waals surface area contributed by atoms with Gasteiger partial charge in [0.25, 0.3) is 5.91 Å². The van der Waals surface area contributed by atoms with Crippen LogP contribution in [0.4, 0.5) is 0 Å². The normalized spacial score (nSPS) is 11.4. The predicted molar refractivity (Wildman–Crippen MR) is 82.8 cm³/mol. The number of benzene rings is 1. The molecule has 112 valence electrons. The number of carbonyl (C=O) groups is 1. The minimum absolute atomic E-state index is 0.0961. The fraction of sp³-hybridized carbons (Fsp3) is 0.214. The van der Waals surface area contributed by atoms with E-state index < -0.39 is 10.0 Å². The van der Waals surface area contributed by atoms with Gasteiger partial charge in [-0.1, -0.05) is 18.2 Å². The summed E-state index contributed by atoms with van der Waals surface area (Å²) in [7, 11) is -3.68. The van der Waals surface area contributed by atoms with E-state index in [9.17, 15) is 13.2 Å². The number of thiophene rings is 1. The molecular formula is C14H16N2O3S2. The first-order valence-corrected chi connectivity index (χ1v) is 8.61. The molecule has 0 unspecified atom stereocenters. The number of amides is 1. The summed E-state index contributed by atoms with van der Waals surface area (Å²) < 4.78 is 22.5. The van der Waals surface area contributed by atoms with Crippen LogP contribution in [0.2, 0.25) is 0 Å². The number of aryl methyl sites for hydroxylation is 2. The molecule has 1 heterocycles. The van der Waals surface area contributed by atoms with Crippen LogP contribution in [0.25, 0.3) is 0 Å². The standard InChI is InChI=1S/C14H16N2O3S2/c1-9-4-3-5-10(2)13(9)14(17)16-8-11-6-7-12(20-11)21(15,18)19/h3-7H,8H2,1-2H3,(H,16,17)(H2,15,18,19). The van der Waals surface area contributed by atoms with Gasteiger partial charge < -0.3 is 5.32 Å². The van der Waals surface area contributed by atoms with Gasteiger partial charge in [0.05, 0.1) is 6.54 Å². The number of nitrogens with one attached hydrogen (secondary N) is 1. The number of carbonyl (C=O) groups excluding carboxylic acids is 1. The largest absolute Gasteiger partial charge is 0.347 e. The second-order valence-electron chi connectivity index (χ2n) is 4.72. The molecule has 3 N–H and O–H groups in total. The second kappa shape index (κ2) is 5.97. The average Bonchev–Trinajstić information content (AvgIpc) is 2.84. The molecule has 0 aliphatic carbocycles. The van der Waals surface area contributed by atoms with E-state index in [0.717, 1.165) is 27.3 Å². The molecule has 0 saturated heterocycles. The van der Waals surface area contributed by atoms with E-state index in [2.05, 4.69) is 5.32 Å². The fourth-order valence-electron chi connectivity index (χ4n) is 2.03. The summed E-state index contributed by atoms with van der Waals surface area (Å²) >= 11 is 1.06. The Bertz CT molecular complexity index is 759. The molecule has 0 fully saturated rings. The van der Waals surface area contributed by atoms with Crippen molar-refractivity contribution in [1.29, 1.82) is 0 Å². The highest BCUT2D eigenvalue weighted by Crippen LogP contribution is 2.20. The molecular weight excluding hydrogens is 308 g/mol. The van der Waals surface area contributed by atoms with Gasteiger partial charge in [-0.25, -0.2) is 13.6 Å². The third kappa shape index (κ3) is 3.69. The number of hydrogen-bond donors (Lipinski definition) is 2. The van der Waals surface area contributed by atoms with Crippen molar-refractivity contribution in [3.63, 3.8) is 0 Å². The Hall–Kier alpha value is -1.70.